The zero-order chi connectivity index (χ0) is 27.9. The van der Waals surface area contributed by atoms with E-state index in [0.29, 0.717) is 50.8 Å². The predicted octanol–water partition coefficient (Wildman–Crippen LogP) is 5.24. The van der Waals surface area contributed by atoms with Gasteiger partial charge in [-0.25, -0.2) is 9.29 Å². The molecule has 0 amide bonds. The number of halogens is 2. The van der Waals surface area contributed by atoms with Gasteiger partial charge in [0.25, 0.3) is 0 Å². The van der Waals surface area contributed by atoms with Gasteiger partial charge < -0.3 is 13.9 Å². The number of Topliss-reactive ketones (excluding diaryl/α,β-unsaturated/α-hetero) is 1. The third-order valence-corrected chi connectivity index (χ3v) is 8.42. The van der Waals surface area contributed by atoms with E-state index in [2.05, 4.69) is 4.98 Å². The molecule has 2 aliphatic heterocycles. The van der Waals surface area contributed by atoms with Crippen molar-refractivity contribution in [1.82, 2.24) is 9.88 Å². The number of carbonyl (C=O) groups excluding carboxylic acids is 2. The van der Waals surface area contributed by atoms with Gasteiger partial charge in [0.15, 0.2) is 11.4 Å². The van der Waals surface area contributed by atoms with Crippen molar-refractivity contribution in [3.63, 3.8) is 0 Å². The molecule has 0 bridgehead atoms. The second kappa shape index (κ2) is 10.9. The Hall–Kier alpha value is -3.37. The van der Waals surface area contributed by atoms with Gasteiger partial charge in [-0.3, -0.25) is 14.5 Å². The Balaban J connectivity index is 1.21. The van der Waals surface area contributed by atoms with Crippen molar-refractivity contribution in [2.75, 3.05) is 31.6 Å². The van der Waals surface area contributed by atoms with Crippen molar-refractivity contribution in [2.24, 2.45) is 5.92 Å². The van der Waals surface area contributed by atoms with Gasteiger partial charge in [0.2, 0.25) is 5.78 Å². The van der Waals surface area contributed by atoms with Crippen LogP contribution < -0.4 is 4.90 Å². The van der Waals surface area contributed by atoms with Crippen LogP contribution in [0.1, 0.15) is 49.7 Å². The molecule has 3 aliphatic rings. The van der Waals surface area contributed by atoms with Crippen molar-refractivity contribution in [3.8, 4) is 0 Å². The molecule has 0 N–H and O–H groups in total. The van der Waals surface area contributed by atoms with Crippen molar-refractivity contribution in [1.29, 1.82) is 0 Å². The first-order valence-corrected chi connectivity index (χ1v) is 14.0. The Bertz CT molecular complexity index is 1410. The summed E-state index contributed by atoms with van der Waals surface area (Å²) in [6.45, 7) is 1.42. The number of oxazole rings is 1. The van der Waals surface area contributed by atoms with Gasteiger partial charge in [-0.15, -0.1) is 0 Å². The van der Waals surface area contributed by atoms with E-state index in [0.717, 1.165) is 30.5 Å². The lowest BCUT2D eigenvalue weighted by molar-refractivity contribution is -0.252. The average molecular weight is 554 g/mol. The van der Waals surface area contributed by atoms with Gasteiger partial charge in [-0.2, -0.15) is 9.37 Å². The normalized spacial score (nSPS) is 22.8. The quantitative estimate of drug-likeness (QED) is 0.277. The number of rotatable bonds is 8. The van der Waals surface area contributed by atoms with E-state index in [1.54, 1.807) is 6.07 Å². The van der Waals surface area contributed by atoms with Crippen LogP contribution in [0.4, 0.5) is 20.5 Å². The summed E-state index contributed by atoms with van der Waals surface area (Å²) in [5.41, 5.74) is 2.43. The van der Waals surface area contributed by atoms with Crippen LogP contribution in [-0.2, 0) is 31.9 Å². The summed E-state index contributed by atoms with van der Waals surface area (Å²) in [6, 6.07) is 11.3. The minimum Gasteiger partial charge on any atom is -0.469 e. The van der Waals surface area contributed by atoms with Crippen molar-refractivity contribution >= 4 is 34.6 Å². The van der Waals surface area contributed by atoms with E-state index >= 15 is 8.78 Å². The number of ether oxygens (including phenoxy) is 2. The molecule has 1 saturated carbocycles. The van der Waals surface area contributed by atoms with Gasteiger partial charge in [-0.05, 0) is 68.2 Å². The van der Waals surface area contributed by atoms with E-state index in [1.165, 1.54) is 18.1 Å². The molecule has 1 saturated heterocycles. The molecule has 1 aliphatic carbocycles. The van der Waals surface area contributed by atoms with Crippen LogP contribution >= 0.6 is 0 Å². The highest BCUT2D eigenvalue weighted by atomic mass is 19.2. The first-order valence-electron chi connectivity index (χ1n) is 14.0. The lowest BCUT2D eigenvalue weighted by Gasteiger charge is -2.37. The van der Waals surface area contributed by atoms with Crippen LogP contribution in [0.3, 0.4) is 0 Å². The number of carbonyl (C=O) groups is 2. The second-order valence-electron chi connectivity index (χ2n) is 10.9. The molecule has 0 radical (unpaired) electrons. The number of aromatic nitrogens is 1. The highest BCUT2D eigenvalue weighted by molar-refractivity contribution is 5.88. The van der Waals surface area contributed by atoms with Crippen LogP contribution in [-0.4, -0.2) is 60.5 Å². The summed E-state index contributed by atoms with van der Waals surface area (Å²) < 4.78 is 48.8. The van der Waals surface area contributed by atoms with Gasteiger partial charge >= 0.3 is 18.0 Å². The second-order valence-corrected chi connectivity index (χ2v) is 10.9. The number of esters is 1. The first-order chi connectivity index (χ1) is 19.4. The maximum absolute atomic E-state index is 16.6. The van der Waals surface area contributed by atoms with Crippen molar-refractivity contribution < 1.29 is 32.3 Å². The van der Waals surface area contributed by atoms with Crippen LogP contribution in [0.25, 0.3) is 11.1 Å². The monoisotopic (exact) mass is 553 g/mol. The fraction of sp³-hybridized carbons (Fsp3) is 0.500. The van der Waals surface area contributed by atoms with E-state index < -0.39 is 30.1 Å². The minimum absolute atomic E-state index is 0.0289. The molecule has 40 heavy (non-hydrogen) atoms. The van der Waals surface area contributed by atoms with E-state index in [1.807, 2.05) is 29.2 Å². The summed E-state index contributed by atoms with van der Waals surface area (Å²) in [7, 11) is 1.35. The number of nitrogens with zero attached hydrogens (tertiary/aromatic N) is 3. The zero-order valence-electron chi connectivity index (χ0n) is 22.5. The molecule has 1 aromatic heterocycles. The number of hydrogen-bond acceptors (Lipinski definition) is 8. The maximum Gasteiger partial charge on any atom is 0.330 e. The lowest BCUT2D eigenvalue weighted by atomic mass is 9.87. The third-order valence-electron chi connectivity index (χ3n) is 8.42. The molecule has 3 heterocycles. The van der Waals surface area contributed by atoms with Crippen molar-refractivity contribution in [3.05, 3.63) is 53.3 Å². The molecule has 6 rings (SSSR count). The molecule has 0 spiro atoms. The van der Waals surface area contributed by atoms with Crippen LogP contribution in [0.15, 0.2) is 40.8 Å². The Kier molecular flexibility index (Phi) is 7.31. The van der Waals surface area contributed by atoms with Gasteiger partial charge in [0, 0.05) is 31.7 Å². The molecule has 8 nitrogen and oxygen atoms in total. The number of fused-ring (bicyclic) bond motifs is 2. The smallest absolute Gasteiger partial charge is 0.330 e. The molecule has 1 unspecified atom stereocenters. The van der Waals surface area contributed by atoms with Gasteiger partial charge in [-0.1, -0.05) is 24.3 Å². The molecule has 1 atom stereocenters. The Morgan fingerprint density at radius 2 is 1.82 bits per heavy atom. The molecule has 3 aromatic rings. The summed E-state index contributed by atoms with van der Waals surface area (Å²) in [5, 5.41) is 0. The van der Waals surface area contributed by atoms with Crippen LogP contribution in [0, 0.1) is 11.7 Å². The standard InChI is InChI=1S/C30H33F2N3O5/c1-38-28(37)20-8-11-22(12-9-20)40-30(32,34-15-4-5-16-34)25(36)18-21-10-13-23-27(26(21)31)39-29(33-23)35-17-14-19-6-2-3-7-24(19)35/h2-3,6-7,10,13,20,22H,4-5,8-9,11-12,14-18H2,1H3. The SMILES string of the molecule is COC(=O)C1CCC(OC(F)(C(=O)Cc2ccc3nc(N4CCc5ccccc54)oc3c2F)N2CCCC2)CC1. The topological polar surface area (TPSA) is 85.1 Å². The fourth-order valence-electron chi connectivity index (χ4n) is 6.19. The van der Waals surface area contributed by atoms with E-state index in [9.17, 15) is 9.59 Å². The fourth-order valence-corrected chi connectivity index (χ4v) is 6.19. The lowest BCUT2D eigenvalue weighted by Crippen LogP contribution is -2.54. The Labute approximate surface area is 231 Å². The van der Waals surface area contributed by atoms with E-state index in [-0.39, 0.29) is 29.0 Å². The number of likely N-dealkylation sites (tertiary alicyclic amines) is 1. The minimum atomic E-state index is -2.67. The molecular formula is C30H33F2N3O5. The number of methoxy groups -OCH3 is 1. The highest BCUT2D eigenvalue weighted by Crippen LogP contribution is 2.38. The Morgan fingerprint density at radius 3 is 2.58 bits per heavy atom. The maximum atomic E-state index is 16.6. The van der Waals surface area contributed by atoms with Gasteiger partial charge in [0.1, 0.15) is 5.52 Å². The molecule has 2 fully saturated rings. The summed E-state index contributed by atoms with van der Waals surface area (Å²) in [4.78, 5) is 33.2. The number of hydrogen-bond donors (Lipinski definition) is 0. The average Bonchev–Trinajstić information content (AvgIpc) is 3.74. The summed E-state index contributed by atoms with van der Waals surface area (Å²) >= 11 is 0. The molecule has 10 heteroatoms. The first kappa shape index (κ1) is 26.8. The number of ketones is 1. The molecule has 2 aromatic carbocycles. The number of para-hydroxylation sites is 1. The number of alkyl halides is 1. The van der Waals surface area contributed by atoms with Crippen LogP contribution in [0.2, 0.25) is 0 Å². The highest BCUT2D eigenvalue weighted by Gasteiger charge is 2.49. The molecule has 212 valence electrons. The zero-order valence-corrected chi connectivity index (χ0v) is 22.5. The van der Waals surface area contributed by atoms with Gasteiger partial charge in [0.05, 0.1) is 19.1 Å². The number of benzene rings is 2. The van der Waals surface area contributed by atoms with E-state index in [4.69, 9.17) is 13.9 Å². The summed E-state index contributed by atoms with van der Waals surface area (Å²) in [5.74, 6) is -4.78. The number of anilines is 2. The van der Waals surface area contributed by atoms with Crippen molar-refractivity contribution in [2.45, 2.75) is 63.4 Å². The molecular weight excluding hydrogens is 520 g/mol. The predicted molar refractivity (Wildman–Crippen MR) is 143 cm³/mol. The Morgan fingerprint density at radius 1 is 1.07 bits per heavy atom. The van der Waals surface area contributed by atoms with Crippen LogP contribution in [0.5, 0.6) is 0 Å². The third kappa shape index (κ3) is 4.88. The summed E-state index contributed by atoms with van der Waals surface area (Å²) in [6.07, 6.45) is 3.19. The largest absolute Gasteiger partial charge is 0.469 e.